The molecular weight excluding hydrogens is 396 g/mol. The SMILES string of the molecule is CCOC(=O)c1ccc(NC(=O)N(C)C(C)c2nc3ccccc3c(=O)n2CC)cc1. The highest BCUT2D eigenvalue weighted by atomic mass is 16.5. The van der Waals surface area contributed by atoms with E-state index in [4.69, 9.17) is 4.74 Å². The van der Waals surface area contributed by atoms with Crippen LogP contribution in [0.15, 0.2) is 53.3 Å². The van der Waals surface area contributed by atoms with E-state index in [1.165, 1.54) is 4.90 Å². The van der Waals surface area contributed by atoms with Gasteiger partial charge < -0.3 is 15.0 Å². The number of benzene rings is 2. The molecule has 1 N–H and O–H groups in total. The van der Waals surface area contributed by atoms with Crippen LogP contribution in [0.2, 0.25) is 0 Å². The lowest BCUT2D eigenvalue weighted by Gasteiger charge is -2.27. The number of ether oxygens (including phenoxy) is 1. The lowest BCUT2D eigenvalue weighted by molar-refractivity contribution is 0.0526. The summed E-state index contributed by atoms with van der Waals surface area (Å²) >= 11 is 0. The van der Waals surface area contributed by atoms with Gasteiger partial charge in [0.25, 0.3) is 5.56 Å². The van der Waals surface area contributed by atoms with E-state index < -0.39 is 12.0 Å². The maximum atomic E-state index is 12.9. The van der Waals surface area contributed by atoms with Crippen molar-refractivity contribution in [3.05, 3.63) is 70.3 Å². The summed E-state index contributed by atoms with van der Waals surface area (Å²) in [5, 5.41) is 3.35. The minimum atomic E-state index is -0.448. The second-order valence-corrected chi connectivity index (χ2v) is 7.05. The van der Waals surface area contributed by atoms with Crippen molar-refractivity contribution in [3.8, 4) is 0 Å². The summed E-state index contributed by atoms with van der Waals surface area (Å²) in [6, 6.07) is 12.8. The zero-order valence-electron chi connectivity index (χ0n) is 18.1. The van der Waals surface area contributed by atoms with Crippen LogP contribution in [0.1, 0.15) is 43.0 Å². The Morgan fingerprint density at radius 2 is 1.81 bits per heavy atom. The van der Waals surface area contributed by atoms with Crippen LogP contribution in [-0.4, -0.2) is 40.1 Å². The predicted molar refractivity (Wildman–Crippen MR) is 119 cm³/mol. The first-order chi connectivity index (χ1) is 14.9. The molecule has 162 valence electrons. The zero-order chi connectivity index (χ0) is 22.5. The van der Waals surface area contributed by atoms with Crippen LogP contribution in [0, 0.1) is 0 Å². The van der Waals surface area contributed by atoms with Gasteiger partial charge in [-0.2, -0.15) is 0 Å². The molecule has 1 heterocycles. The summed E-state index contributed by atoms with van der Waals surface area (Å²) in [7, 11) is 1.65. The fourth-order valence-corrected chi connectivity index (χ4v) is 3.27. The lowest BCUT2D eigenvalue weighted by atomic mass is 10.2. The normalized spacial score (nSPS) is 11.7. The Labute approximate surface area is 180 Å². The van der Waals surface area contributed by atoms with Crippen LogP contribution in [0.5, 0.6) is 0 Å². The summed E-state index contributed by atoms with van der Waals surface area (Å²) < 4.78 is 6.55. The van der Waals surface area contributed by atoms with Gasteiger partial charge in [-0.25, -0.2) is 14.6 Å². The molecule has 0 radical (unpaired) electrons. The van der Waals surface area contributed by atoms with Crippen molar-refractivity contribution >= 4 is 28.6 Å². The van der Waals surface area contributed by atoms with Gasteiger partial charge in [0, 0.05) is 19.3 Å². The highest BCUT2D eigenvalue weighted by molar-refractivity contribution is 5.92. The number of nitrogens with one attached hydrogen (secondary N) is 1. The molecule has 0 saturated carbocycles. The highest BCUT2D eigenvalue weighted by Gasteiger charge is 2.23. The molecule has 0 bridgehead atoms. The Morgan fingerprint density at radius 1 is 1.13 bits per heavy atom. The smallest absolute Gasteiger partial charge is 0.338 e. The number of hydrogen-bond acceptors (Lipinski definition) is 5. The number of hydrogen-bond donors (Lipinski definition) is 1. The second-order valence-electron chi connectivity index (χ2n) is 7.05. The van der Waals surface area contributed by atoms with Crippen molar-refractivity contribution in [3.63, 3.8) is 0 Å². The van der Waals surface area contributed by atoms with Gasteiger partial charge in [0.05, 0.1) is 29.1 Å². The van der Waals surface area contributed by atoms with E-state index in [-0.39, 0.29) is 11.6 Å². The maximum absolute atomic E-state index is 12.9. The summed E-state index contributed by atoms with van der Waals surface area (Å²) in [4.78, 5) is 43.6. The van der Waals surface area contributed by atoms with Gasteiger partial charge in [-0.15, -0.1) is 0 Å². The molecule has 0 fully saturated rings. The first-order valence-corrected chi connectivity index (χ1v) is 10.2. The molecule has 31 heavy (non-hydrogen) atoms. The molecule has 1 aromatic heterocycles. The average molecular weight is 422 g/mol. The lowest BCUT2D eigenvalue weighted by Crippen LogP contribution is -2.37. The molecule has 1 atom stereocenters. The Hall–Kier alpha value is -3.68. The fourth-order valence-electron chi connectivity index (χ4n) is 3.27. The zero-order valence-corrected chi connectivity index (χ0v) is 18.1. The molecule has 8 heteroatoms. The largest absolute Gasteiger partial charge is 0.462 e. The van der Waals surface area contributed by atoms with E-state index in [0.717, 1.165) is 0 Å². The summed E-state index contributed by atoms with van der Waals surface area (Å²) in [5.41, 5.74) is 1.42. The van der Waals surface area contributed by atoms with Crippen molar-refractivity contribution in [1.82, 2.24) is 14.5 Å². The standard InChI is InChI=1S/C23H26N4O4/c1-5-27-20(25-19-10-8-7-9-18(19)21(27)28)15(3)26(4)23(30)24-17-13-11-16(12-14-17)22(29)31-6-2/h7-15H,5-6H2,1-4H3,(H,24,30). The van der Waals surface area contributed by atoms with E-state index in [1.807, 2.05) is 19.9 Å². The topological polar surface area (TPSA) is 93.5 Å². The van der Waals surface area contributed by atoms with Crippen LogP contribution in [0.25, 0.3) is 10.9 Å². The molecule has 8 nitrogen and oxygen atoms in total. The maximum Gasteiger partial charge on any atom is 0.338 e. The van der Waals surface area contributed by atoms with Gasteiger partial charge in [-0.3, -0.25) is 9.36 Å². The molecule has 2 amide bonds. The van der Waals surface area contributed by atoms with Gasteiger partial charge in [0.15, 0.2) is 0 Å². The summed E-state index contributed by atoms with van der Waals surface area (Å²) in [6.45, 7) is 6.18. The molecule has 3 aromatic rings. The number of fused-ring (bicyclic) bond motifs is 1. The van der Waals surface area contributed by atoms with Gasteiger partial charge in [0.2, 0.25) is 0 Å². The molecule has 0 aliphatic rings. The second kappa shape index (κ2) is 9.42. The Kier molecular flexibility index (Phi) is 6.69. The van der Waals surface area contributed by atoms with Gasteiger partial charge in [0.1, 0.15) is 5.82 Å². The van der Waals surface area contributed by atoms with Crippen molar-refractivity contribution in [1.29, 1.82) is 0 Å². The molecule has 3 rings (SSSR count). The summed E-state index contributed by atoms with van der Waals surface area (Å²) in [5.74, 6) is 0.104. The Balaban J connectivity index is 1.81. The first-order valence-electron chi connectivity index (χ1n) is 10.2. The molecular formula is C23H26N4O4. The number of urea groups is 1. The van der Waals surface area contributed by atoms with Crippen molar-refractivity contribution < 1.29 is 14.3 Å². The molecule has 0 aliphatic carbocycles. The number of nitrogens with zero attached hydrogens (tertiary/aromatic N) is 3. The van der Waals surface area contributed by atoms with Crippen molar-refractivity contribution in [2.75, 3.05) is 19.0 Å². The van der Waals surface area contributed by atoms with E-state index in [0.29, 0.717) is 41.1 Å². The number of amides is 2. The monoisotopic (exact) mass is 422 g/mol. The first kappa shape index (κ1) is 22.0. The Bertz CT molecular complexity index is 1150. The number of para-hydroxylation sites is 1. The number of carbonyl (C=O) groups excluding carboxylic acids is 2. The van der Waals surface area contributed by atoms with Crippen LogP contribution >= 0.6 is 0 Å². The third-order valence-electron chi connectivity index (χ3n) is 5.13. The number of carbonyl (C=O) groups is 2. The third-order valence-corrected chi connectivity index (χ3v) is 5.13. The average Bonchev–Trinajstić information content (AvgIpc) is 2.78. The highest BCUT2D eigenvalue weighted by Crippen LogP contribution is 2.20. The van der Waals surface area contributed by atoms with E-state index in [1.54, 1.807) is 61.0 Å². The van der Waals surface area contributed by atoms with Crippen LogP contribution in [0.4, 0.5) is 10.5 Å². The molecule has 2 aromatic carbocycles. The number of aromatic nitrogens is 2. The Morgan fingerprint density at radius 3 is 2.45 bits per heavy atom. The van der Waals surface area contributed by atoms with E-state index >= 15 is 0 Å². The predicted octanol–water partition coefficient (Wildman–Crippen LogP) is 3.82. The van der Waals surface area contributed by atoms with Crippen LogP contribution in [0.3, 0.4) is 0 Å². The molecule has 0 spiro atoms. The van der Waals surface area contributed by atoms with Crippen molar-refractivity contribution in [2.45, 2.75) is 33.4 Å². The van der Waals surface area contributed by atoms with Gasteiger partial charge >= 0.3 is 12.0 Å². The third kappa shape index (κ3) is 4.58. The number of esters is 1. The number of anilines is 1. The number of rotatable bonds is 6. The minimum Gasteiger partial charge on any atom is -0.462 e. The fraction of sp³-hybridized carbons (Fsp3) is 0.304. The molecule has 0 aliphatic heterocycles. The minimum absolute atomic E-state index is 0.127. The van der Waals surface area contributed by atoms with Gasteiger partial charge in [-0.1, -0.05) is 12.1 Å². The van der Waals surface area contributed by atoms with Crippen LogP contribution in [-0.2, 0) is 11.3 Å². The van der Waals surface area contributed by atoms with Crippen molar-refractivity contribution in [2.24, 2.45) is 0 Å². The molecule has 0 saturated heterocycles. The quantitative estimate of drug-likeness (QED) is 0.610. The van der Waals surface area contributed by atoms with E-state index in [9.17, 15) is 14.4 Å². The van der Waals surface area contributed by atoms with Gasteiger partial charge in [-0.05, 0) is 57.2 Å². The molecule has 1 unspecified atom stereocenters. The van der Waals surface area contributed by atoms with E-state index in [2.05, 4.69) is 10.3 Å². The summed E-state index contributed by atoms with van der Waals surface area (Å²) in [6.07, 6.45) is 0. The van der Waals surface area contributed by atoms with Crippen LogP contribution < -0.4 is 10.9 Å².